The van der Waals surface area contributed by atoms with E-state index in [-0.39, 0.29) is 23.2 Å². The van der Waals surface area contributed by atoms with Crippen LogP contribution in [0.3, 0.4) is 0 Å². The first-order valence-electron chi connectivity index (χ1n) is 8.68. The zero-order chi connectivity index (χ0) is 18.6. The lowest BCUT2D eigenvalue weighted by Crippen LogP contribution is -3.19. The highest BCUT2D eigenvalue weighted by atomic mass is 16.3. The molecule has 0 unspecified atom stereocenters. The normalized spacial score (nSPS) is 17.0. The van der Waals surface area contributed by atoms with Crippen LogP contribution in [0.1, 0.15) is 27.7 Å². The number of urea groups is 1. The molecule has 1 aliphatic rings. The quantitative estimate of drug-likeness (QED) is 0.624. The Morgan fingerprint density at radius 1 is 1.20 bits per heavy atom. The summed E-state index contributed by atoms with van der Waals surface area (Å²) in [6.07, 6.45) is 0. The van der Waals surface area contributed by atoms with Crippen LogP contribution in [-0.2, 0) is 4.79 Å². The number of quaternary nitrogens is 1. The minimum Gasteiger partial charge on any atom is -0.506 e. The van der Waals surface area contributed by atoms with Crippen molar-refractivity contribution in [1.82, 2.24) is 10.6 Å². The molecule has 1 aliphatic heterocycles. The van der Waals surface area contributed by atoms with Gasteiger partial charge >= 0.3 is 6.03 Å². The number of amides is 3. The first-order valence-corrected chi connectivity index (χ1v) is 8.68. The Morgan fingerprint density at radius 2 is 1.80 bits per heavy atom. The molecule has 1 aromatic rings. The van der Waals surface area contributed by atoms with E-state index in [1.165, 1.54) is 0 Å². The average Bonchev–Trinajstić information content (AvgIpc) is 2.53. The number of anilines is 1. The second-order valence-electron chi connectivity index (χ2n) is 7.55. The van der Waals surface area contributed by atoms with Gasteiger partial charge in [0, 0.05) is 5.54 Å². The van der Waals surface area contributed by atoms with Crippen molar-refractivity contribution in [3.8, 4) is 5.75 Å². The number of carbonyl (C=O) groups excluding carboxylic acids is 2. The fourth-order valence-electron chi connectivity index (χ4n) is 2.98. The molecule has 1 fully saturated rings. The summed E-state index contributed by atoms with van der Waals surface area (Å²) in [7, 11) is 0. The van der Waals surface area contributed by atoms with Crippen LogP contribution < -0.4 is 20.4 Å². The summed E-state index contributed by atoms with van der Waals surface area (Å²) in [5, 5.41) is 15.1. The van der Waals surface area contributed by atoms with Crippen LogP contribution in [0, 0.1) is 0 Å². The van der Waals surface area contributed by atoms with Crippen molar-refractivity contribution < 1.29 is 19.6 Å². The van der Waals surface area contributed by atoms with Crippen molar-refractivity contribution in [2.24, 2.45) is 0 Å². The van der Waals surface area contributed by atoms with Crippen LogP contribution >= 0.6 is 0 Å². The number of benzene rings is 1. The third-order valence-electron chi connectivity index (χ3n) is 4.36. The number of carbonyl (C=O) groups is 2. The standard InChI is InChI=1S/C18H28N4O3/c1-13(16(24)19-17(25)20-18(2,3)4)21-9-11-22(12-10-21)14-7-5-6-8-15(14)23/h5-8,13,23H,9-12H2,1-4H3,(H2,19,20,24,25)/p+1/t13-/m1/s1. The molecule has 4 N–H and O–H groups in total. The lowest BCUT2D eigenvalue weighted by molar-refractivity contribution is -0.914. The van der Waals surface area contributed by atoms with Crippen LogP contribution in [0.25, 0.3) is 0 Å². The topological polar surface area (TPSA) is 86.1 Å². The second kappa shape index (κ2) is 7.74. The van der Waals surface area contributed by atoms with E-state index in [9.17, 15) is 14.7 Å². The maximum Gasteiger partial charge on any atom is 0.322 e. The highest BCUT2D eigenvalue weighted by molar-refractivity contribution is 5.96. The summed E-state index contributed by atoms with van der Waals surface area (Å²) in [6.45, 7) is 10.5. The second-order valence-corrected chi connectivity index (χ2v) is 7.55. The van der Waals surface area contributed by atoms with Gasteiger partial charge in [0.15, 0.2) is 6.04 Å². The van der Waals surface area contributed by atoms with Crippen molar-refractivity contribution in [2.45, 2.75) is 39.3 Å². The Balaban J connectivity index is 1.86. The van der Waals surface area contributed by atoms with E-state index >= 15 is 0 Å². The largest absolute Gasteiger partial charge is 0.506 e. The molecule has 3 amide bonds. The molecule has 0 spiro atoms. The van der Waals surface area contributed by atoms with Crippen molar-refractivity contribution >= 4 is 17.6 Å². The predicted octanol–water partition coefficient (Wildman–Crippen LogP) is 0.110. The molecule has 2 rings (SSSR count). The van der Waals surface area contributed by atoms with Crippen LogP contribution in [0.2, 0.25) is 0 Å². The molecule has 1 aromatic carbocycles. The number of imide groups is 1. The Labute approximate surface area is 149 Å². The number of piperazine rings is 1. The Bertz CT molecular complexity index is 619. The number of hydrogen-bond donors (Lipinski definition) is 4. The molecule has 138 valence electrons. The van der Waals surface area contributed by atoms with Crippen LogP contribution in [0.4, 0.5) is 10.5 Å². The molecule has 0 aromatic heterocycles. The third-order valence-corrected chi connectivity index (χ3v) is 4.36. The summed E-state index contributed by atoms with van der Waals surface area (Å²) in [5.74, 6) is 0.00310. The minimum atomic E-state index is -0.461. The van der Waals surface area contributed by atoms with E-state index in [1.54, 1.807) is 12.1 Å². The van der Waals surface area contributed by atoms with Gasteiger partial charge in [0.2, 0.25) is 0 Å². The zero-order valence-electron chi connectivity index (χ0n) is 15.4. The Kier molecular flexibility index (Phi) is 5.89. The molecule has 0 saturated carbocycles. The predicted molar refractivity (Wildman–Crippen MR) is 96.9 cm³/mol. The smallest absolute Gasteiger partial charge is 0.322 e. The van der Waals surface area contributed by atoms with E-state index in [2.05, 4.69) is 15.5 Å². The molecular weight excluding hydrogens is 320 g/mol. The maximum absolute atomic E-state index is 12.3. The zero-order valence-corrected chi connectivity index (χ0v) is 15.4. The summed E-state index contributed by atoms with van der Waals surface area (Å²) < 4.78 is 0. The first-order chi connectivity index (χ1) is 11.7. The maximum atomic E-state index is 12.3. The molecule has 0 aliphatic carbocycles. The fraction of sp³-hybridized carbons (Fsp3) is 0.556. The number of nitrogens with one attached hydrogen (secondary N) is 3. The number of hydrogen-bond acceptors (Lipinski definition) is 4. The van der Waals surface area contributed by atoms with Gasteiger partial charge in [0.25, 0.3) is 5.91 Å². The molecule has 25 heavy (non-hydrogen) atoms. The van der Waals surface area contributed by atoms with Gasteiger partial charge in [0.1, 0.15) is 5.75 Å². The summed E-state index contributed by atoms with van der Waals surface area (Å²) in [4.78, 5) is 27.4. The van der Waals surface area contributed by atoms with E-state index in [4.69, 9.17) is 0 Å². The summed E-state index contributed by atoms with van der Waals surface area (Å²) >= 11 is 0. The number of para-hydroxylation sites is 2. The van der Waals surface area contributed by atoms with E-state index in [0.29, 0.717) is 0 Å². The van der Waals surface area contributed by atoms with Crippen LogP contribution in [0.5, 0.6) is 5.75 Å². The minimum absolute atomic E-state index is 0.271. The Hall–Kier alpha value is -2.28. The summed E-state index contributed by atoms with van der Waals surface area (Å²) in [6, 6.07) is 6.51. The molecule has 0 bridgehead atoms. The lowest BCUT2D eigenvalue weighted by atomic mass is 10.1. The molecule has 0 radical (unpaired) electrons. The monoisotopic (exact) mass is 349 g/mol. The van der Waals surface area contributed by atoms with Crippen molar-refractivity contribution in [1.29, 1.82) is 0 Å². The van der Waals surface area contributed by atoms with Gasteiger partial charge < -0.3 is 20.2 Å². The highest BCUT2D eigenvalue weighted by Crippen LogP contribution is 2.25. The van der Waals surface area contributed by atoms with Crippen molar-refractivity contribution in [2.75, 3.05) is 31.1 Å². The number of rotatable bonds is 3. The average molecular weight is 349 g/mol. The molecule has 7 nitrogen and oxygen atoms in total. The van der Waals surface area contributed by atoms with Gasteiger partial charge in [0.05, 0.1) is 31.9 Å². The lowest BCUT2D eigenvalue weighted by Gasteiger charge is -2.36. The molecular formula is C18H29N4O3+. The third kappa shape index (κ3) is 5.35. The van der Waals surface area contributed by atoms with E-state index in [0.717, 1.165) is 36.8 Å². The number of aromatic hydroxyl groups is 1. The number of nitrogens with zero attached hydrogens (tertiary/aromatic N) is 1. The van der Waals surface area contributed by atoms with Gasteiger partial charge in [-0.25, -0.2) is 4.79 Å². The highest BCUT2D eigenvalue weighted by Gasteiger charge is 2.31. The van der Waals surface area contributed by atoms with Gasteiger partial charge in [-0.15, -0.1) is 0 Å². The summed E-state index contributed by atoms with van der Waals surface area (Å²) in [5.41, 5.74) is 0.437. The van der Waals surface area contributed by atoms with Crippen LogP contribution in [0.15, 0.2) is 24.3 Å². The molecule has 1 saturated heterocycles. The molecule has 7 heteroatoms. The van der Waals surface area contributed by atoms with Gasteiger partial charge in [-0.2, -0.15) is 0 Å². The van der Waals surface area contributed by atoms with Crippen LogP contribution in [-0.4, -0.2) is 54.8 Å². The number of phenols is 1. The fourth-order valence-corrected chi connectivity index (χ4v) is 2.98. The first kappa shape index (κ1) is 19.1. The van der Waals surface area contributed by atoms with Gasteiger partial charge in [-0.05, 0) is 39.8 Å². The van der Waals surface area contributed by atoms with E-state index < -0.39 is 6.03 Å². The van der Waals surface area contributed by atoms with Gasteiger partial charge in [-0.3, -0.25) is 10.1 Å². The van der Waals surface area contributed by atoms with Crippen molar-refractivity contribution in [3.05, 3.63) is 24.3 Å². The van der Waals surface area contributed by atoms with Gasteiger partial charge in [-0.1, -0.05) is 12.1 Å². The van der Waals surface area contributed by atoms with Crippen molar-refractivity contribution in [3.63, 3.8) is 0 Å². The Morgan fingerprint density at radius 3 is 2.36 bits per heavy atom. The van der Waals surface area contributed by atoms with E-state index in [1.807, 2.05) is 39.8 Å². The molecule has 1 heterocycles. The molecule has 1 atom stereocenters. The SMILES string of the molecule is C[C@H](C(=O)NC(=O)NC(C)(C)C)[NH+]1CCN(c2ccccc2O)CC1. The number of phenolic OH excluding ortho intramolecular Hbond substituents is 1.